The molecule has 0 fully saturated rings. The number of nitrogens with zero attached hydrogens (tertiary/aromatic N) is 3. The molecule has 0 radical (unpaired) electrons. The third-order valence-corrected chi connectivity index (χ3v) is 7.32. The summed E-state index contributed by atoms with van der Waals surface area (Å²) >= 11 is 0. The summed E-state index contributed by atoms with van der Waals surface area (Å²) < 4.78 is 5.41. The highest BCUT2D eigenvalue weighted by molar-refractivity contribution is 6.01. The van der Waals surface area contributed by atoms with Crippen molar-refractivity contribution < 1.29 is 19.1 Å². The molecule has 3 aromatic rings. The minimum atomic E-state index is -0.840. The van der Waals surface area contributed by atoms with Crippen molar-refractivity contribution in [1.29, 1.82) is 0 Å². The molecular weight excluding hydrogens is 518 g/mol. The molecule has 218 valence electrons. The van der Waals surface area contributed by atoms with E-state index in [2.05, 4.69) is 39.9 Å². The van der Waals surface area contributed by atoms with Gasteiger partial charge in [-0.2, -0.15) is 0 Å². The second-order valence-corrected chi connectivity index (χ2v) is 12.0. The minimum absolute atomic E-state index is 0.195. The average molecular weight is 560 g/mol. The molecule has 0 unspecified atom stereocenters. The molecule has 4 rings (SSSR count). The van der Waals surface area contributed by atoms with E-state index in [-0.39, 0.29) is 17.9 Å². The van der Waals surface area contributed by atoms with Crippen LogP contribution < -0.4 is 15.5 Å². The maximum absolute atomic E-state index is 14.1. The third kappa shape index (κ3) is 6.96. The van der Waals surface area contributed by atoms with Gasteiger partial charge in [-0.05, 0) is 74.6 Å². The zero-order chi connectivity index (χ0) is 29.9. The Morgan fingerprint density at radius 3 is 2.44 bits per heavy atom. The van der Waals surface area contributed by atoms with Crippen molar-refractivity contribution in [3.05, 3.63) is 66.4 Å². The number of rotatable bonds is 8. The van der Waals surface area contributed by atoms with E-state index in [1.54, 1.807) is 38.8 Å². The van der Waals surface area contributed by atoms with Gasteiger partial charge in [0.15, 0.2) is 0 Å². The van der Waals surface area contributed by atoms with E-state index in [1.165, 1.54) is 11.9 Å². The molecule has 2 heterocycles. The van der Waals surface area contributed by atoms with Gasteiger partial charge in [-0.3, -0.25) is 19.4 Å². The number of anilines is 2. The lowest BCUT2D eigenvalue weighted by atomic mass is 10.0. The van der Waals surface area contributed by atoms with E-state index in [4.69, 9.17) is 4.74 Å². The number of hydrogen-bond donors (Lipinski definition) is 2. The van der Waals surface area contributed by atoms with Gasteiger partial charge < -0.3 is 15.4 Å². The number of likely N-dealkylation sites (N-methyl/N-ethyl adjacent to an activating group) is 1. The van der Waals surface area contributed by atoms with Crippen LogP contribution in [0.3, 0.4) is 0 Å². The molecule has 2 N–H and O–H groups in total. The predicted molar refractivity (Wildman–Crippen MR) is 162 cm³/mol. The predicted octanol–water partition coefficient (Wildman–Crippen LogP) is 5.00. The molecule has 41 heavy (non-hydrogen) atoms. The van der Waals surface area contributed by atoms with E-state index in [0.29, 0.717) is 18.8 Å². The minimum Gasteiger partial charge on any atom is -0.444 e. The largest absolute Gasteiger partial charge is 0.444 e. The zero-order valence-corrected chi connectivity index (χ0v) is 25.0. The molecule has 0 saturated heterocycles. The molecule has 1 aromatic heterocycles. The highest BCUT2D eigenvalue weighted by Crippen LogP contribution is 2.32. The highest BCUT2D eigenvalue weighted by atomic mass is 16.6. The lowest BCUT2D eigenvalue weighted by Crippen LogP contribution is -2.57. The van der Waals surface area contributed by atoms with E-state index >= 15 is 0 Å². The highest BCUT2D eigenvalue weighted by Gasteiger charge is 2.40. The van der Waals surface area contributed by atoms with Crippen LogP contribution in [0.1, 0.15) is 47.1 Å². The maximum Gasteiger partial charge on any atom is 0.410 e. The molecule has 0 bridgehead atoms. The Hall–Kier alpha value is -4.14. The SMILES string of the molecule is CC(C)[C@H](NC(=O)[C@H](C)N(C)C(=O)OC(C)(C)C)C(=O)N1c2ncccc2C[C@H]1CNc1ccc2ccccc2c1. The third-order valence-electron chi connectivity index (χ3n) is 7.32. The molecule has 0 aliphatic carbocycles. The van der Waals surface area contributed by atoms with E-state index in [9.17, 15) is 14.4 Å². The number of carbonyl (C=O) groups excluding carboxylic acids is 3. The summed E-state index contributed by atoms with van der Waals surface area (Å²) in [6.07, 6.45) is 1.72. The second-order valence-electron chi connectivity index (χ2n) is 12.0. The number of hydrogen-bond acceptors (Lipinski definition) is 6. The first-order valence-electron chi connectivity index (χ1n) is 14.1. The van der Waals surface area contributed by atoms with Crippen molar-refractivity contribution in [1.82, 2.24) is 15.2 Å². The molecule has 3 amide bonds. The van der Waals surface area contributed by atoms with Gasteiger partial charge in [0, 0.05) is 25.5 Å². The van der Waals surface area contributed by atoms with Crippen LogP contribution in [0.2, 0.25) is 0 Å². The molecule has 9 nitrogen and oxygen atoms in total. The number of benzene rings is 2. The Morgan fingerprint density at radius 2 is 1.76 bits per heavy atom. The smallest absolute Gasteiger partial charge is 0.410 e. The topological polar surface area (TPSA) is 104 Å². The molecule has 3 atom stereocenters. The summed E-state index contributed by atoms with van der Waals surface area (Å²) in [7, 11) is 1.51. The molecule has 1 aliphatic heterocycles. The molecule has 0 spiro atoms. The molecule has 9 heteroatoms. The fourth-order valence-electron chi connectivity index (χ4n) is 4.91. The number of fused-ring (bicyclic) bond motifs is 2. The summed E-state index contributed by atoms with van der Waals surface area (Å²) in [6.45, 7) is 11.2. The first kappa shape index (κ1) is 29.8. The van der Waals surface area contributed by atoms with Crippen molar-refractivity contribution in [3.8, 4) is 0 Å². The molecule has 1 aliphatic rings. The summed E-state index contributed by atoms with van der Waals surface area (Å²) in [5, 5.41) is 8.71. The number of amides is 3. The van der Waals surface area contributed by atoms with Gasteiger partial charge in [0.2, 0.25) is 5.91 Å². The standard InChI is InChI=1S/C32H41N5O4/c1-20(2)27(35-29(38)21(3)36(7)31(40)41-32(4,5)6)30(39)37-26(18-24-13-10-16-33-28(24)37)19-34-25-15-14-22-11-8-9-12-23(22)17-25/h8-17,20-21,26-27,34H,18-19H2,1-7H3,(H,35,38)/t21-,26-,27-/m0/s1. The number of pyridine rings is 1. The quantitative estimate of drug-likeness (QED) is 0.403. The van der Waals surface area contributed by atoms with Gasteiger partial charge in [-0.15, -0.1) is 0 Å². The lowest BCUT2D eigenvalue weighted by Gasteiger charge is -2.33. The van der Waals surface area contributed by atoms with E-state index < -0.39 is 29.7 Å². The van der Waals surface area contributed by atoms with Gasteiger partial charge in [0.25, 0.3) is 5.91 Å². The Kier molecular flexibility index (Phi) is 8.85. The van der Waals surface area contributed by atoms with Gasteiger partial charge >= 0.3 is 6.09 Å². The summed E-state index contributed by atoms with van der Waals surface area (Å²) in [5.41, 5.74) is 1.26. The van der Waals surface area contributed by atoms with Crippen LogP contribution in [0, 0.1) is 5.92 Å². The zero-order valence-electron chi connectivity index (χ0n) is 25.0. The first-order chi connectivity index (χ1) is 19.4. The fraction of sp³-hybridized carbons (Fsp3) is 0.438. The number of aromatic nitrogens is 1. The second kappa shape index (κ2) is 12.2. The average Bonchev–Trinajstić information content (AvgIpc) is 3.30. The monoisotopic (exact) mass is 559 g/mol. The number of nitrogens with one attached hydrogen (secondary N) is 2. The number of ether oxygens (including phenoxy) is 1. The van der Waals surface area contributed by atoms with Crippen LogP contribution >= 0.6 is 0 Å². The van der Waals surface area contributed by atoms with Crippen LogP contribution in [0.25, 0.3) is 10.8 Å². The Bertz CT molecular complexity index is 1420. The van der Waals surface area contributed by atoms with Crippen LogP contribution in [-0.2, 0) is 20.7 Å². The van der Waals surface area contributed by atoms with Gasteiger partial charge in [-0.1, -0.05) is 50.2 Å². The summed E-state index contributed by atoms with van der Waals surface area (Å²) in [4.78, 5) is 47.5. The molecule has 2 aromatic carbocycles. The normalized spacial score (nSPS) is 16.2. The van der Waals surface area contributed by atoms with Gasteiger partial charge in [-0.25, -0.2) is 9.78 Å². The van der Waals surface area contributed by atoms with Crippen molar-refractivity contribution in [2.75, 3.05) is 23.8 Å². The van der Waals surface area contributed by atoms with E-state index in [1.807, 2.05) is 44.2 Å². The van der Waals surface area contributed by atoms with Crippen LogP contribution in [0.4, 0.5) is 16.3 Å². The fourth-order valence-corrected chi connectivity index (χ4v) is 4.91. The van der Waals surface area contributed by atoms with Crippen molar-refractivity contribution >= 4 is 40.2 Å². The lowest BCUT2D eigenvalue weighted by molar-refractivity contribution is -0.131. The van der Waals surface area contributed by atoms with Crippen molar-refractivity contribution in [2.45, 2.75) is 71.7 Å². The molecular formula is C32H41N5O4. The van der Waals surface area contributed by atoms with Crippen LogP contribution in [-0.4, -0.2) is 65.1 Å². The summed E-state index contributed by atoms with van der Waals surface area (Å²) in [5.74, 6) is -0.256. The maximum atomic E-state index is 14.1. The summed E-state index contributed by atoms with van der Waals surface area (Å²) in [6, 6.07) is 16.4. The van der Waals surface area contributed by atoms with Gasteiger partial charge in [0.1, 0.15) is 23.5 Å². The van der Waals surface area contributed by atoms with Crippen LogP contribution in [0.15, 0.2) is 60.8 Å². The Balaban J connectivity index is 1.51. The molecule has 0 saturated carbocycles. The van der Waals surface area contributed by atoms with Gasteiger partial charge in [0.05, 0.1) is 6.04 Å². The Morgan fingerprint density at radius 1 is 1.05 bits per heavy atom. The Labute approximate surface area is 242 Å². The van der Waals surface area contributed by atoms with Crippen molar-refractivity contribution in [3.63, 3.8) is 0 Å². The number of carbonyl (C=O) groups is 3. The van der Waals surface area contributed by atoms with Crippen molar-refractivity contribution in [2.24, 2.45) is 5.92 Å². The van der Waals surface area contributed by atoms with E-state index in [0.717, 1.165) is 22.0 Å². The van der Waals surface area contributed by atoms with Crippen LogP contribution in [0.5, 0.6) is 0 Å². The first-order valence-corrected chi connectivity index (χ1v) is 14.1.